The van der Waals surface area contributed by atoms with Crippen LogP contribution in [0.5, 0.6) is 11.5 Å². The van der Waals surface area contributed by atoms with E-state index in [4.69, 9.17) is 9.47 Å². The second-order valence-electron chi connectivity index (χ2n) is 6.38. The summed E-state index contributed by atoms with van der Waals surface area (Å²) in [5.41, 5.74) is 2.00. The van der Waals surface area contributed by atoms with Crippen LogP contribution in [0.3, 0.4) is 0 Å². The fourth-order valence-electron chi connectivity index (χ4n) is 3.46. The molecule has 1 saturated heterocycles. The van der Waals surface area contributed by atoms with Crippen molar-refractivity contribution in [2.45, 2.75) is 37.1 Å². The van der Waals surface area contributed by atoms with Crippen LogP contribution in [0.1, 0.15) is 36.9 Å². The Morgan fingerprint density at radius 2 is 1.81 bits per heavy atom. The zero-order chi connectivity index (χ0) is 18.7. The molecule has 1 heterocycles. The number of sulfonamides is 1. The standard InChI is InChI=1S/C20H25NO4S/c1-4-15-7-10-17(11-8-15)26(22,23)21-13-5-6-19(21)18-12-9-16(24-2)14-20(18)25-3/h7-12,14,19H,4-6,13H2,1-3H3. The van der Waals surface area contributed by atoms with Gasteiger partial charge in [-0.25, -0.2) is 8.42 Å². The molecule has 1 unspecified atom stereocenters. The molecule has 1 fully saturated rings. The van der Waals surface area contributed by atoms with Gasteiger partial charge in [-0.05, 0) is 43.0 Å². The van der Waals surface area contributed by atoms with Crippen molar-refractivity contribution in [2.75, 3.05) is 20.8 Å². The minimum Gasteiger partial charge on any atom is -0.497 e. The fourth-order valence-corrected chi connectivity index (χ4v) is 5.14. The van der Waals surface area contributed by atoms with E-state index in [1.165, 1.54) is 0 Å². The summed E-state index contributed by atoms with van der Waals surface area (Å²) in [6.07, 6.45) is 2.48. The van der Waals surface area contributed by atoms with Crippen molar-refractivity contribution in [3.05, 3.63) is 53.6 Å². The second-order valence-corrected chi connectivity index (χ2v) is 8.27. The summed E-state index contributed by atoms with van der Waals surface area (Å²) in [6, 6.07) is 12.5. The van der Waals surface area contributed by atoms with Crippen molar-refractivity contribution in [3.8, 4) is 11.5 Å². The first-order valence-electron chi connectivity index (χ1n) is 8.84. The maximum atomic E-state index is 13.2. The maximum Gasteiger partial charge on any atom is 0.243 e. The molecular formula is C20H25NO4S. The van der Waals surface area contributed by atoms with Gasteiger partial charge in [0.25, 0.3) is 0 Å². The lowest BCUT2D eigenvalue weighted by atomic mass is 10.0. The SMILES string of the molecule is CCc1ccc(S(=O)(=O)N2CCCC2c2ccc(OC)cc2OC)cc1. The molecule has 0 bridgehead atoms. The summed E-state index contributed by atoms with van der Waals surface area (Å²) in [5, 5.41) is 0. The summed E-state index contributed by atoms with van der Waals surface area (Å²) < 4.78 is 38.7. The third-order valence-electron chi connectivity index (χ3n) is 4.94. The molecule has 2 aromatic rings. The van der Waals surface area contributed by atoms with E-state index in [2.05, 4.69) is 6.92 Å². The van der Waals surface area contributed by atoms with Gasteiger partial charge in [0.15, 0.2) is 0 Å². The zero-order valence-corrected chi connectivity index (χ0v) is 16.3. The number of benzene rings is 2. The molecular weight excluding hydrogens is 350 g/mol. The number of aryl methyl sites for hydroxylation is 1. The van der Waals surface area contributed by atoms with Gasteiger partial charge >= 0.3 is 0 Å². The molecule has 1 aliphatic rings. The molecule has 6 heteroatoms. The number of nitrogens with zero attached hydrogens (tertiary/aromatic N) is 1. The van der Waals surface area contributed by atoms with E-state index >= 15 is 0 Å². The molecule has 1 aliphatic heterocycles. The van der Waals surface area contributed by atoms with Gasteiger partial charge in [-0.3, -0.25) is 0 Å². The van der Waals surface area contributed by atoms with Crippen molar-refractivity contribution in [3.63, 3.8) is 0 Å². The zero-order valence-electron chi connectivity index (χ0n) is 15.4. The Morgan fingerprint density at radius 1 is 1.08 bits per heavy atom. The molecule has 0 saturated carbocycles. The third kappa shape index (κ3) is 3.44. The quantitative estimate of drug-likeness (QED) is 0.771. The van der Waals surface area contributed by atoms with Crippen molar-refractivity contribution in [1.29, 1.82) is 0 Å². The lowest BCUT2D eigenvalue weighted by molar-refractivity contribution is 0.361. The van der Waals surface area contributed by atoms with E-state index in [0.717, 1.165) is 30.4 Å². The van der Waals surface area contributed by atoms with Crippen LogP contribution in [0, 0.1) is 0 Å². The first-order valence-corrected chi connectivity index (χ1v) is 10.3. The minimum absolute atomic E-state index is 0.230. The van der Waals surface area contributed by atoms with Gasteiger partial charge in [0, 0.05) is 18.2 Å². The average molecular weight is 375 g/mol. The minimum atomic E-state index is -3.56. The van der Waals surface area contributed by atoms with Crippen molar-refractivity contribution in [1.82, 2.24) is 4.31 Å². The highest BCUT2D eigenvalue weighted by Crippen LogP contribution is 2.41. The van der Waals surface area contributed by atoms with E-state index < -0.39 is 10.0 Å². The van der Waals surface area contributed by atoms with Crippen LogP contribution in [0.2, 0.25) is 0 Å². The first-order chi connectivity index (χ1) is 12.5. The van der Waals surface area contributed by atoms with Gasteiger partial charge in [0.05, 0.1) is 25.2 Å². The monoisotopic (exact) mass is 375 g/mol. The number of rotatable bonds is 6. The Labute approximate surface area is 155 Å². The van der Waals surface area contributed by atoms with Gasteiger partial charge in [0.1, 0.15) is 11.5 Å². The van der Waals surface area contributed by atoms with Crippen LogP contribution in [0.4, 0.5) is 0 Å². The normalized spacial score (nSPS) is 18.0. The molecule has 3 rings (SSSR count). The summed E-state index contributed by atoms with van der Waals surface area (Å²) in [7, 11) is -0.364. The van der Waals surface area contributed by atoms with Crippen LogP contribution < -0.4 is 9.47 Å². The van der Waals surface area contributed by atoms with Gasteiger partial charge in [0.2, 0.25) is 10.0 Å². The van der Waals surface area contributed by atoms with E-state index in [1.54, 1.807) is 36.7 Å². The molecule has 0 aliphatic carbocycles. The Balaban J connectivity index is 1.97. The molecule has 0 amide bonds. The summed E-state index contributed by atoms with van der Waals surface area (Å²) in [5.74, 6) is 1.34. The third-order valence-corrected chi connectivity index (χ3v) is 6.86. The fraction of sp³-hybridized carbons (Fsp3) is 0.400. The molecule has 140 valence electrons. The Morgan fingerprint density at radius 3 is 2.42 bits per heavy atom. The van der Waals surface area contributed by atoms with Gasteiger partial charge in [-0.1, -0.05) is 25.1 Å². The van der Waals surface area contributed by atoms with E-state index in [9.17, 15) is 8.42 Å². The highest BCUT2D eigenvalue weighted by Gasteiger charge is 2.37. The number of hydrogen-bond acceptors (Lipinski definition) is 4. The van der Waals surface area contributed by atoms with Gasteiger partial charge in [-0.15, -0.1) is 0 Å². The van der Waals surface area contributed by atoms with Crippen molar-refractivity contribution < 1.29 is 17.9 Å². The van der Waals surface area contributed by atoms with Crippen LogP contribution in [-0.2, 0) is 16.4 Å². The topological polar surface area (TPSA) is 55.8 Å². The highest BCUT2D eigenvalue weighted by molar-refractivity contribution is 7.89. The lowest BCUT2D eigenvalue weighted by Crippen LogP contribution is -2.30. The largest absolute Gasteiger partial charge is 0.497 e. The molecule has 2 aromatic carbocycles. The predicted molar refractivity (Wildman–Crippen MR) is 101 cm³/mol. The Bertz CT molecular complexity index is 862. The molecule has 0 spiro atoms. The molecule has 1 atom stereocenters. The van der Waals surface area contributed by atoms with Crippen LogP contribution in [0.25, 0.3) is 0 Å². The molecule has 0 radical (unpaired) electrons. The average Bonchev–Trinajstić information content (AvgIpc) is 3.18. The van der Waals surface area contributed by atoms with Crippen molar-refractivity contribution in [2.24, 2.45) is 0 Å². The van der Waals surface area contributed by atoms with E-state index in [0.29, 0.717) is 22.9 Å². The molecule has 0 aromatic heterocycles. The maximum absolute atomic E-state index is 13.2. The van der Waals surface area contributed by atoms with Crippen LogP contribution in [-0.4, -0.2) is 33.5 Å². The summed E-state index contributed by atoms with van der Waals surface area (Å²) >= 11 is 0. The number of methoxy groups -OCH3 is 2. The van der Waals surface area contributed by atoms with E-state index in [-0.39, 0.29) is 6.04 Å². The summed E-state index contributed by atoms with van der Waals surface area (Å²) in [4.78, 5) is 0.342. The Kier molecular flexibility index (Phi) is 5.53. The smallest absolute Gasteiger partial charge is 0.243 e. The van der Waals surface area contributed by atoms with Gasteiger partial charge < -0.3 is 9.47 Å². The van der Waals surface area contributed by atoms with Crippen LogP contribution in [0.15, 0.2) is 47.4 Å². The number of ether oxygens (including phenoxy) is 2. The highest BCUT2D eigenvalue weighted by atomic mass is 32.2. The molecule has 26 heavy (non-hydrogen) atoms. The van der Waals surface area contributed by atoms with Crippen molar-refractivity contribution >= 4 is 10.0 Å². The predicted octanol–water partition coefficient (Wildman–Crippen LogP) is 3.79. The van der Waals surface area contributed by atoms with Gasteiger partial charge in [-0.2, -0.15) is 4.31 Å². The lowest BCUT2D eigenvalue weighted by Gasteiger charge is -2.26. The van der Waals surface area contributed by atoms with Crippen LogP contribution >= 0.6 is 0 Å². The molecule has 5 nitrogen and oxygen atoms in total. The Hall–Kier alpha value is -2.05. The second kappa shape index (κ2) is 7.68. The number of hydrogen-bond donors (Lipinski definition) is 0. The first kappa shape index (κ1) is 18.7. The summed E-state index contributed by atoms with van der Waals surface area (Å²) in [6.45, 7) is 2.56. The van der Waals surface area contributed by atoms with E-state index in [1.807, 2.05) is 24.3 Å². The molecule has 0 N–H and O–H groups in total.